The summed E-state index contributed by atoms with van der Waals surface area (Å²) in [4.78, 5) is 10.4. The molecule has 7 aromatic carbocycles. The Bertz CT molecular complexity index is 2830. The van der Waals surface area contributed by atoms with E-state index in [1.54, 1.807) is 0 Å². The first-order chi connectivity index (χ1) is 24.8. The van der Waals surface area contributed by atoms with Crippen molar-refractivity contribution in [3.8, 4) is 56.2 Å². The summed E-state index contributed by atoms with van der Waals surface area (Å²) in [6.45, 7) is 0. The average Bonchev–Trinajstić information content (AvgIpc) is 3.81. The molecular formula is C47H28N2O. The van der Waals surface area contributed by atoms with Crippen molar-refractivity contribution in [2.75, 3.05) is 0 Å². The van der Waals surface area contributed by atoms with Crippen molar-refractivity contribution < 1.29 is 4.42 Å². The minimum absolute atomic E-state index is 0.551. The smallest absolute Gasteiger partial charge is 0.160 e. The Labute approximate surface area is 289 Å². The summed E-state index contributed by atoms with van der Waals surface area (Å²) in [5.74, 6) is 1.71. The van der Waals surface area contributed by atoms with Crippen LogP contribution in [0.4, 0.5) is 0 Å². The zero-order valence-corrected chi connectivity index (χ0v) is 27.0. The van der Waals surface area contributed by atoms with Crippen molar-refractivity contribution in [3.05, 3.63) is 192 Å². The van der Waals surface area contributed by atoms with Crippen LogP contribution in [0.1, 0.15) is 22.5 Å². The van der Waals surface area contributed by atoms with E-state index in [0.29, 0.717) is 5.82 Å². The van der Waals surface area contributed by atoms with Crippen LogP contribution in [0.15, 0.2) is 174 Å². The zero-order valence-electron chi connectivity index (χ0n) is 27.0. The van der Waals surface area contributed by atoms with Crippen molar-refractivity contribution >= 4 is 21.7 Å². The molecule has 0 saturated carbocycles. The molecule has 1 unspecified atom stereocenters. The highest BCUT2D eigenvalue weighted by Gasteiger charge is 2.54. The molecule has 3 nitrogen and oxygen atoms in total. The lowest BCUT2D eigenvalue weighted by Gasteiger charge is -2.28. The van der Waals surface area contributed by atoms with Crippen molar-refractivity contribution in [1.82, 2.24) is 9.97 Å². The molecule has 232 valence electrons. The number of nitrogens with zero attached hydrogens (tertiary/aromatic N) is 2. The van der Waals surface area contributed by atoms with E-state index in [-0.39, 0.29) is 0 Å². The van der Waals surface area contributed by atoms with E-state index in [2.05, 4.69) is 152 Å². The molecule has 1 spiro atoms. The summed E-state index contributed by atoms with van der Waals surface area (Å²) >= 11 is 0. The summed E-state index contributed by atoms with van der Waals surface area (Å²) in [5, 5.41) is 3.52. The van der Waals surface area contributed by atoms with Crippen molar-refractivity contribution in [2.24, 2.45) is 0 Å². The predicted molar refractivity (Wildman–Crippen MR) is 202 cm³/mol. The molecule has 0 saturated heterocycles. The van der Waals surface area contributed by atoms with Gasteiger partial charge in [-0.25, -0.2) is 9.97 Å². The van der Waals surface area contributed by atoms with Gasteiger partial charge in [0.2, 0.25) is 0 Å². The summed E-state index contributed by atoms with van der Waals surface area (Å²) < 4.78 is 6.90. The number of fused-ring (bicyclic) bond motifs is 13. The van der Waals surface area contributed by atoms with Gasteiger partial charge in [0.15, 0.2) is 5.82 Å². The fourth-order valence-corrected chi connectivity index (χ4v) is 8.60. The lowest BCUT2D eigenvalue weighted by molar-refractivity contribution is 0.507. The van der Waals surface area contributed by atoms with Gasteiger partial charge in [0.1, 0.15) is 16.8 Å². The second kappa shape index (κ2) is 10.2. The summed E-state index contributed by atoms with van der Waals surface area (Å²) in [6, 6.07) is 60.3. The third kappa shape index (κ3) is 3.64. The molecule has 3 heteroatoms. The van der Waals surface area contributed by atoms with E-state index in [4.69, 9.17) is 14.4 Å². The SMILES string of the molecule is c1ccc(-c2nc(-c3ccc4c(c3)-c3ccccc3C43c4ccccc4-c4c3oc3ccccc43)cc(-c3cccc4ccccc34)n2)cc1. The molecule has 0 amide bonds. The van der Waals surface area contributed by atoms with E-state index in [1.165, 1.54) is 49.7 Å². The van der Waals surface area contributed by atoms with Crippen LogP contribution in [0, 0.1) is 0 Å². The average molecular weight is 637 g/mol. The molecule has 0 radical (unpaired) electrons. The van der Waals surface area contributed by atoms with Crippen molar-refractivity contribution in [2.45, 2.75) is 5.41 Å². The van der Waals surface area contributed by atoms with Gasteiger partial charge in [-0.2, -0.15) is 0 Å². The first-order valence-corrected chi connectivity index (χ1v) is 17.1. The molecule has 2 aliphatic carbocycles. The Hall–Kier alpha value is -6.58. The Morgan fingerprint density at radius 2 is 1.06 bits per heavy atom. The maximum atomic E-state index is 6.90. The normalized spacial score (nSPS) is 15.3. The van der Waals surface area contributed by atoms with Gasteiger partial charge in [-0.3, -0.25) is 0 Å². The molecule has 2 aliphatic rings. The van der Waals surface area contributed by atoms with Crippen LogP contribution in [-0.4, -0.2) is 9.97 Å². The number of aromatic nitrogens is 2. The summed E-state index contributed by atoms with van der Waals surface area (Å²) in [6.07, 6.45) is 0. The quantitative estimate of drug-likeness (QED) is 0.194. The van der Waals surface area contributed by atoms with E-state index in [9.17, 15) is 0 Å². The third-order valence-corrected chi connectivity index (χ3v) is 10.7. The number of hydrogen-bond acceptors (Lipinski definition) is 3. The van der Waals surface area contributed by atoms with Gasteiger partial charge >= 0.3 is 0 Å². The highest BCUT2D eigenvalue weighted by molar-refractivity contribution is 6.05. The van der Waals surface area contributed by atoms with Gasteiger partial charge in [-0.15, -0.1) is 0 Å². The summed E-state index contributed by atoms with van der Waals surface area (Å²) in [7, 11) is 0. The van der Waals surface area contributed by atoms with Crippen LogP contribution >= 0.6 is 0 Å². The number of rotatable bonds is 3. The molecule has 50 heavy (non-hydrogen) atoms. The van der Waals surface area contributed by atoms with Crippen molar-refractivity contribution in [3.63, 3.8) is 0 Å². The highest BCUT2D eigenvalue weighted by atomic mass is 16.3. The number of hydrogen-bond donors (Lipinski definition) is 0. The van der Waals surface area contributed by atoms with E-state index >= 15 is 0 Å². The van der Waals surface area contributed by atoms with Crippen molar-refractivity contribution in [1.29, 1.82) is 0 Å². The molecule has 0 bridgehead atoms. The molecular weight excluding hydrogens is 609 g/mol. The molecule has 11 rings (SSSR count). The minimum atomic E-state index is -0.551. The third-order valence-electron chi connectivity index (χ3n) is 10.7. The lowest BCUT2D eigenvalue weighted by atomic mass is 9.73. The Kier molecular flexibility index (Phi) is 5.59. The molecule has 0 N–H and O–H groups in total. The molecule has 2 heterocycles. The fourth-order valence-electron chi connectivity index (χ4n) is 8.60. The molecule has 0 aliphatic heterocycles. The van der Waals surface area contributed by atoms with E-state index < -0.39 is 5.41 Å². The van der Waals surface area contributed by atoms with Gasteiger partial charge in [0.25, 0.3) is 0 Å². The number of para-hydroxylation sites is 1. The van der Waals surface area contributed by atoms with Crippen LogP contribution in [0.3, 0.4) is 0 Å². The van der Waals surface area contributed by atoms with E-state index in [1.807, 2.05) is 18.2 Å². The molecule has 2 aromatic heterocycles. The Balaban J connectivity index is 1.17. The van der Waals surface area contributed by atoms with Crippen LogP contribution < -0.4 is 0 Å². The number of furan rings is 1. The maximum absolute atomic E-state index is 6.90. The van der Waals surface area contributed by atoms with Crippen LogP contribution in [0.25, 0.3) is 77.9 Å². The molecule has 1 atom stereocenters. The fraction of sp³-hybridized carbons (Fsp3) is 0.0213. The van der Waals surface area contributed by atoms with Crippen LogP contribution in [-0.2, 0) is 5.41 Å². The first kappa shape index (κ1) is 27.4. The lowest BCUT2D eigenvalue weighted by Crippen LogP contribution is -2.25. The van der Waals surface area contributed by atoms with Gasteiger partial charge in [0, 0.05) is 27.6 Å². The topological polar surface area (TPSA) is 38.9 Å². The van der Waals surface area contributed by atoms with Gasteiger partial charge in [-0.05, 0) is 62.4 Å². The van der Waals surface area contributed by atoms with Gasteiger partial charge in [0.05, 0.1) is 11.4 Å². The minimum Gasteiger partial charge on any atom is -0.459 e. The first-order valence-electron chi connectivity index (χ1n) is 17.1. The monoisotopic (exact) mass is 636 g/mol. The molecule has 9 aromatic rings. The van der Waals surface area contributed by atoms with Crippen LogP contribution in [0.2, 0.25) is 0 Å². The second-order valence-corrected chi connectivity index (χ2v) is 13.3. The van der Waals surface area contributed by atoms with Gasteiger partial charge < -0.3 is 4.42 Å². The summed E-state index contributed by atoms with van der Waals surface area (Å²) in [5.41, 5.74) is 13.9. The highest BCUT2D eigenvalue weighted by Crippen LogP contribution is 2.64. The number of benzene rings is 7. The zero-order chi connectivity index (χ0) is 32.8. The largest absolute Gasteiger partial charge is 0.459 e. The van der Waals surface area contributed by atoms with Crippen LogP contribution in [0.5, 0.6) is 0 Å². The standard InChI is InChI=1S/C47H28N2O/c1-2-14-30(15-3-1)46-48-41(28-42(49-46)34-21-12-16-29-13-4-5-17-32(29)34)31-25-26-40-37(27-31)33-18-6-9-22-38(33)47(40)39-23-10-7-19-35(39)44-36-20-8-11-24-43(36)50-45(44)47/h1-28H. The molecule has 0 fully saturated rings. The maximum Gasteiger partial charge on any atom is 0.160 e. The predicted octanol–water partition coefficient (Wildman–Crippen LogP) is 11.7. The Morgan fingerprint density at radius 3 is 1.94 bits per heavy atom. The van der Waals surface area contributed by atoms with Gasteiger partial charge in [-0.1, -0.05) is 152 Å². The van der Waals surface area contributed by atoms with E-state index in [0.717, 1.165) is 44.8 Å². The second-order valence-electron chi connectivity index (χ2n) is 13.3. The Morgan fingerprint density at radius 1 is 0.420 bits per heavy atom.